The van der Waals surface area contributed by atoms with Crippen molar-refractivity contribution in [2.24, 2.45) is 0 Å². The number of aromatic nitrogens is 3. The Balaban J connectivity index is 1.94. The summed E-state index contributed by atoms with van der Waals surface area (Å²) in [5.74, 6) is -1.15. The van der Waals surface area contributed by atoms with Gasteiger partial charge in [-0.25, -0.2) is 14.2 Å². The SMILES string of the molecule is Cc1ccccc1/C=C/c1nc2sc(C(=O)O)c(-c3cccnc3)n2c(=O)c1Cl. The number of benzene rings is 1. The fourth-order valence-electron chi connectivity index (χ4n) is 2.96. The van der Waals surface area contributed by atoms with E-state index in [1.807, 2.05) is 37.3 Å². The molecule has 0 amide bonds. The van der Waals surface area contributed by atoms with E-state index in [-0.39, 0.29) is 26.2 Å². The van der Waals surface area contributed by atoms with Gasteiger partial charge in [0.1, 0.15) is 9.90 Å². The highest BCUT2D eigenvalue weighted by Crippen LogP contribution is 2.31. The molecule has 29 heavy (non-hydrogen) atoms. The van der Waals surface area contributed by atoms with Crippen molar-refractivity contribution in [3.63, 3.8) is 0 Å². The molecule has 4 aromatic rings. The molecule has 4 rings (SSSR count). The average Bonchev–Trinajstić information content (AvgIpc) is 3.11. The Hall–Kier alpha value is -3.29. The summed E-state index contributed by atoms with van der Waals surface area (Å²) < 4.78 is 1.23. The quantitative estimate of drug-likeness (QED) is 0.516. The maximum atomic E-state index is 13.0. The Kier molecular flexibility index (Phi) is 5.00. The van der Waals surface area contributed by atoms with Gasteiger partial charge in [-0.3, -0.25) is 9.78 Å². The minimum Gasteiger partial charge on any atom is -0.477 e. The van der Waals surface area contributed by atoms with Crippen LogP contribution in [0.1, 0.15) is 26.5 Å². The molecule has 0 atom stereocenters. The second-order valence-corrected chi connectivity index (χ2v) is 7.61. The Morgan fingerprint density at radius 1 is 1.21 bits per heavy atom. The van der Waals surface area contributed by atoms with Gasteiger partial charge < -0.3 is 5.11 Å². The van der Waals surface area contributed by atoms with E-state index in [2.05, 4.69) is 9.97 Å². The summed E-state index contributed by atoms with van der Waals surface area (Å²) in [5, 5.41) is 9.56. The molecule has 0 spiro atoms. The number of aromatic carboxylic acids is 1. The van der Waals surface area contributed by atoms with E-state index >= 15 is 0 Å². The fraction of sp³-hybridized carbons (Fsp3) is 0.0476. The second-order valence-electron chi connectivity index (χ2n) is 6.25. The molecule has 3 heterocycles. The van der Waals surface area contributed by atoms with Crippen LogP contribution in [0.25, 0.3) is 28.4 Å². The molecule has 0 unspecified atom stereocenters. The summed E-state index contributed by atoms with van der Waals surface area (Å²) >= 11 is 7.24. The van der Waals surface area contributed by atoms with Crippen molar-refractivity contribution >= 4 is 46.0 Å². The second kappa shape index (κ2) is 7.62. The molecule has 3 aromatic heterocycles. The van der Waals surface area contributed by atoms with Crippen molar-refractivity contribution in [3.05, 3.63) is 85.9 Å². The predicted molar refractivity (Wildman–Crippen MR) is 115 cm³/mol. The van der Waals surface area contributed by atoms with Crippen LogP contribution in [-0.2, 0) is 0 Å². The van der Waals surface area contributed by atoms with Crippen molar-refractivity contribution in [2.75, 3.05) is 0 Å². The molecule has 6 nitrogen and oxygen atoms in total. The first kappa shape index (κ1) is 19.0. The molecule has 1 aromatic carbocycles. The van der Waals surface area contributed by atoms with Gasteiger partial charge in [-0.05, 0) is 36.3 Å². The minimum absolute atomic E-state index is 0.00120. The number of pyridine rings is 1. The summed E-state index contributed by atoms with van der Waals surface area (Å²) in [4.78, 5) is 33.5. The number of fused-ring (bicyclic) bond motifs is 1. The number of rotatable bonds is 4. The lowest BCUT2D eigenvalue weighted by Gasteiger charge is -2.05. The largest absolute Gasteiger partial charge is 0.477 e. The van der Waals surface area contributed by atoms with E-state index in [0.717, 1.165) is 22.5 Å². The van der Waals surface area contributed by atoms with Crippen LogP contribution in [0.15, 0.2) is 53.6 Å². The van der Waals surface area contributed by atoms with Crippen molar-refractivity contribution in [1.82, 2.24) is 14.4 Å². The molecular formula is C21H14ClN3O3S. The molecule has 0 bridgehead atoms. The number of carboxylic acid groups (broad SMARTS) is 1. The Bertz CT molecular complexity index is 1330. The number of halogens is 1. The maximum Gasteiger partial charge on any atom is 0.348 e. The Morgan fingerprint density at radius 3 is 2.69 bits per heavy atom. The molecule has 0 fully saturated rings. The molecule has 0 aliphatic carbocycles. The van der Waals surface area contributed by atoms with Crippen LogP contribution in [0.2, 0.25) is 5.02 Å². The van der Waals surface area contributed by atoms with Gasteiger partial charge in [0.25, 0.3) is 5.56 Å². The van der Waals surface area contributed by atoms with Crippen LogP contribution in [-0.4, -0.2) is 25.4 Å². The van der Waals surface area contributed by atoms with Gasteiger partial charge in [0.05, 0.1) is 11.4 Å². The van der Waals surface area contributed by atoms with E-state index in [1.165, 1.54) is 10.6 Å². The Morgan fingerprint density at radius 2 is 2.00 bits per heavy atom. The van der Waals surface area contributed by atoms with Crippen molar-refractivity contribution in [1.29, 1.82) is 0 Å². The van der Waals surface area contributed by atoms with E-state index < -0.39 is 11.5 Å². The molecule has 0 aliphatic rings. The lowest BCUT2D eigenvalue weighted by atomic mass is 10.1. The van der Waals surface area contributed by atoms with Gasteiger partial charge in [-0.2, -0.15) is 0 Å². The monoisotopic (exact) mass is 423 g/mol. The summed E-state index contributed by atoms with van der Waals surface area (Å²) in [5.41, 5.74) is 2.53. The highest BCUT2D eigenvalue weighted by Gasteiger charge is 2.23. The zero-order chi connectivity index (χ0) is 20.5. The minimum atomic E-state index is -1.15. The summed E-state index contributed by atoms with van der Waals surface area (Å²) in [6, 6.07) is 11.1. The average molecular weight is 424 g/mol. The molecule has 8 heteroatoms. The molecule has 144 valence electrons. The first-order valence-electron chi connectivity index (χ1n) is 8.60. The van der Waals surface area contributed by atoms with Gasteiger partial charge in [0.15, 0.2) is 4.96 Å². The van der Waals surface area contributed by atoms with Crippen LogP contribution in [0.3, 0.4) is 0 Å². The summed E-state index contributed by atoms with van der Waals surface area (Å²) in [7, 11) is 0. The highest BCUT2D eigenvalue weighted by molar-refractivity contribution is 7.19. The number of hydrogen-bond donors (Lipinski definition) is 1. The molecular weight excluding hydrogens is 410 g/mol. The van der Waals surface area contributed by atoms with Gasteiger partial charge in [-0.1, -0.05) is 53.3 Å². The first-order valence-corrected chi connectivity index (χ1v) is 9.79. The standard InChI is InChI=1S/C21H14ClN3O3S/c1-12-5-2-3-6-13(12)8-9-15-16(22)19(26)25-17(14-7-4-10-23-11-14)18(20(27)28)29-21(25)24-15/h2-11H,1H3,(H,27,28)/b9-8+. The first-order chi connectivity index (χ1) is 14.0. The van der Waals surface area contributed by atoms with Crippen LogP contribution < -0.4 is 5.56 Å². The number of carboxylic acids is 1. The van der Waals surface area contributed by atoms with Crippen LogP contribution in [0.5, 0.6) is 0 Å². The van der Waals surface area contributed by atoms with Gasteiger partial charge in [0, 0.05) is 18.0 Å². The van der Waals surface area contributed by atoms with Crippen molar-refractivity contribution in [2.45, 2.75) is 6.92 Å². The van der Waals surface area contributed by atoms with Gasteiger partial charge in [0.2, 0.25) is 0 Å². The lowest BCUT2D eigenvalue weighted by Crippen LogP contribution is -2.17. The van der Waals surface area contributed by atoms with Crippen LogP contribution in [0, 0.1) is 6.92 Å². The van der Waals surface area contributed by atoms with E-state index in [1.54, 1.807) is 24.4 Å². The van der Waals surface area contributed by atoms with Gasteiger partial charge >= 0.3 is 5.97 Å². The molecule has 0 saturated carbocycles. The lowest BCUT2D eigenvalue weighted by molar-refractivity contribution is 0.0702. The third-order valence-electron chi connectivity index (χ3n) is 4.39. The smallest absolute Gasteiger partial charge is 0.348 e. The fourth-order valence-corrected chi connectivity index (χ4v) is 4.14. The van der Waals surface area contributed by atoms with Crippen LogP contribution in [0.4, 0.5) is 0 Å². The topological polar surface area (TPSA) is 84.6 Å². The normalized spacial score (nSPS) is 11.4. The van der Waals surface area contributed by atoms with E-state index in [0.29, 0.717) is 5.56 Å². The Labute approximate surface area is 174 Å². The van der Waals surface area contributed by atoms with Crippen LogP contribution >= 0.6 is 22.9 Å². The van der Waals surface area contributed by atoms with E-state index in [4.69, 9.17) is 11.6 Å². The molecule has 1 N–H and O–H groups in total. The number of carbonyl (C=O) groups is 1. The summed E-state index contributed by atoms with van der Waals surface area (Å²) in [6.07, 6.45) is 6.56. The third-order valence-corrected chi connectivity index (χ3v) is 5.78. The number of hydrogen-bond acceptors (Lipinski definition) is 5. The zero-order valence-electron chi connectivity index (χ0n) is 15.2. The van der Waals surface area contributed by atoms with Gasteiger partial charge in [-0.15, -0.1) is 0 Å². The van der Waals surface area contributed by atoms with E-state index in [9.17, 15) is 14.7 Å². The molecule has 0 aliphatic heterocycles. The van der Waals surface area contributed by atoms with Crippen molar-refractivity contribution < 1.29 is 9.90 Å². The summed E-state index contributed by atoms with van der Waals surface area (Å²) in [6.45, 7) is 1.98. The molecule has 0 radical (unpaired) electrons. The molecule has 0 saturated heterocycles. The zero-order valence-corrected chi connectivity index (χ0v) is 16.7. The number of nitrogens with zero attached hydrogens (tertiary/aromatic N) is 3. The number of thiazole rings is 1. The maximum absolute atomic E-state index is 13.0. The van der Waals surface area contributed by atoms with Crippen molar-refractivity contribution in [3.8, 4) is 11.3 Å². The highest BCUT2D eigenvalue weighted by atomic mass is 35.5. The third kappa shape index (κ3) is 3.46. The predicted octanol–water partition coefficient (Wildman–Crippen LogP) is 4.65. The number of aryl methyl sites for hydroxylation is 1.